The zero-order valence-corrected chi connectivity index (χ0v) is 15.3. The van der Waals surface area contributed by atoms with E-state index in [0.717, 1.165) is 25.7 Å². The molecule has 1 aliphatic carbocycles. The third-order valence-electron chi connectivity index (χ3n) is 4.24. The van der Waals surface area contributed by atoms with Crippen molar-refractivity contribution in [3.63, 3.8) is 0 Å². The van der Waals surface area contributed by atoms with Gasteiger partial charge in [-0.05, 0) is 37.1 Å². The molecule has 24 heavy (non-hydrogen) atoms. The smallest absolute Gasteiger partial charge is 0.240 e. The summed E-state index contributed by atoms with van der Waals surface area (Å²) in [5.41, 5.74) is 0. The fourth-order valence-electron chi connectivity index (χ4n) is 2.90. The second kappa shape index (κ2) is 9.39. The summed E-state index contributed by atoms with van der Waals surface area (Å²) in [6, 6.07) is 6.17. The van der Waals surface area contributed by atoms with E-state index in [-0.39, 0.29) is 29.8 Å². The van der Waals surface area contributed by atoms with E-state index >= 15 is 0 Å². The first-order chi connectivity index (χ1) is 11.5. The van der Waals surface area contributed by atoms with E-state index in [1.807, 2.05) is 0 Å². The molecule has 2 N–H and O–H groups in total. The molecular weight excluding hydrogens is 348 g/mol. The normalized spacial score (nSPS) is 17.0. The van der Waals surface area contributed by atoms with Gasteiger partial charge >= 0.3 is 0 Å². The quantitative estimate of drug-likeness (QED) is 0.804. The molecule has 0 unspecified atom stereocenters. The first-order valence-electron chi connectivity index (χ1n) is 8.52. The third-order valence-corrected chi connectivity index (χ3v) is 5.97. The average Bonchev–Trinajstić information content (AvgIpc) is 2.50. The molecule has 7 heteroatoms. The van der Waals surface area contributed by atoms with Gasteiger partial charge in [-0.15, -0.1) is 0 Å². The molecule has 134 valence electrons. The van der Waals surface area contributed by atoms with Crippen LogP contribution in [0.4, 0.5) is 0 Å². The van der Waals surface area contributed by atoms with Crippen LogP contribution >= 0.6 is 11.6 Å². The highest BCUT2D eigenvalue weighted by molar-refractivity contribution is 7.89. The standard InChI is InChI=1S/C17H25ClN2O3S/c18-14-8-10-16(11-9-14)24(22,23)19-13-12-17(21)20-15-6-4-2-1-3-5-7-15/h8-11,15,19H,1-7,12-13H2,(H,20,21). The molecule has 0 atom stereocenters. The summed E-state index contributed by atoms with van der Waals surface area (Å²) in [6.07, 6.45) is 8.21. The maximum atomic E-state index is 12.1. The molecule has 1 fully saturated rings. The second-order valence-electron chi connectivity index (χ2n) is 6.21. The number of hydrogen-bond acceptors (Lipinski definition) is 3. The van der Waals surface area contributed by atoms with Gasteiger partial charge in [-0.1, -0.05) is 43.7 Å². The summed E-state index contributed by atoms with van der Waals surface area (Å²) in [5.74, 6) is -0.0978. The van der Waals surface area contributed by atoms with Crippen LogP contribution < -0.4 is 10.0 Å². The molecule has 1 aliphatic rings. The van der Waals surface area contributed by atoms with Crippen LogP contribution in [0, 0.1) is 0 Å². The molecule has 0 saturated heterocycles. The van der Waals surface area contributed by atoms with Gasteiger partial charge in [0.1, 0.15) is 0 Å². The van der Waals surface area contributed by atoms with Crippen LogP contribution in [0.15, 0.2) is 29.2 Å². The van der Waals surface area contributed by atoms with Crippen LogP contribution in [-0.4, -0.2) is 26.9 Å². The van der Waals surface area contributed by atoms with Crippen molar-refractivity contribution in [1.82, 2.24) is 10.0 Å². The largest absolute Gasteiger partial charge is 0.353 e. The Morgan fingerprint density at radius 2 is 1.62 bits per heavy atom. The maximum Gasteiger partial charge on any atom is 0.240 e. The Hall–Kier alpha value is -1.11. The fourth-order valence-corrected chi connectivity index (χ4v) is 4.05. The van der Waals surface area contributed by atoms with Crippen molar-refractivity contribution in [2.24, 2.45) is 0 Å². The van der Waals surface area contributed by atoms with Crippen LogP contribution in [0.1, 0.15) is 51.4 Å². The molecule has 2 rings (SSSR count). The van der Waals surface area contributed by atoms with Gasteiger partial charge in [-0.2, -0.15) is 0 Å². The zero-order chi connectivity index (χ0) is 17.4. The van der Waals surface area contributed by atoms with E-state index in [9.17, 15) is 13.2 Å². The monoisotopic (exact) mass is 372 g/mol. The summed E-state index contributed by atoms with van der Waals surface area (Å²) in [6.45, 7) is 0.0868. The van der Waals surface area contributed by atoms with Crippen LogP contribution in [0.3, 0.4) is 0 Å². The lowest BCUT2D eigenvalue weighted by atomic mass is 9.96. The number of halogens is 1. The highest BCUT2D eigenvalue weighted by Gasteiger charge is 2.16. The summed E-state index contributed by atoms with van der Waals surface area (Å²) in [7, 11) is -3.61. The lowest BCUT2D eigenvalue weighted by Crippen LogP contribution is -2.37. The van der Waals surface area contributed by atoms with Gasteiger partial charge in [0.05, 0.1) is 4.90 Å². The molecule has 0 radical (unpaired) electrons. The number of hydrogen-bond donors (Lipinski definition) is 2. The van der Waals surface area contributed by atoms with Crippen molar-refractivity contribution >= 4 is 27.5 Å². The van der Waals surface area contributed by atoms with E-state index < -0.39 is 10.0 Å². The van der Waals surface area contributed by atoms with Gasteiger partial charge in [0.2, 0.25) is 15.9 Å². The van der Waals surface area contributed by atoms with E-state index in [1.165, 1.54) is 43.5 Å². The summed E-state index contributed by atoms with van der Waals surface area (Å²) < 4.78 is 26.7. The van der Waals surface area contributed by atoms with E-state index in [0.29, 0.717) is 5.02 Å². The molecule has 1 aromatic rings. The Labute approximate surface area is 149 Å². The van der Waals surface area contributed by atoms with Crippen molar-refractivity contribution < 1.29 is 13.2 Å². The average molecular weight is 373 g/mol. The lowest BCUT2D eigenvalue weighted by molar-refractivity contribution is -0.121. The molecular formula is C17H25ClN2O3S. The molecule has 1 aromatic carbocycles. The second-order valence-corrected chi connectivity index (χ2v) is 8.41. The predicted octanol–water partition coefficient (Wildman–Crippen LogP) is 3.24. The minimum Gasteiger partial charge on any atom is -0.353 e. The minimum absolute atomic E-state index is 0.0868. The Morgan fingerprint density at radius 3 is 2.25 bits per heavy atom. The first kappa shape index (κ1) is 19.2. The van der Waals surface area contributed by atoms with Crippen LogP contribution in [-0.2, 0) is 14.8 Å². The van der Waals surface area contributed by atoms with Gasteiger partial charge in [0, 0.05) is 24.0 Å². The summed E-state index contributed by atoms with van der Waals surface area (Å²) in [5, 5.41) is 3.51. The predicted molar refractivity (Wildman–Crippen MR) is 95.5 cm³/mol. The molecule has 5 nitrogen and oxygen atoms in total. The topological polar surface area (TPSA) is 75.3 Å². The van der Waals surface area contributed by atoms with E-state index in [2.05, 4.69) is 10.0 Å². The molecule has 0 aromatic heterocycles. The van der Waals surface area contributed by atoms with Gasteiger partial charge < -0.3 is 5.32 Å². The molecule has 1 amide bonds. The van der Waals surface area contributed by atoms with E-state index in [4.69, 9.17) is 11.6 Å². The Bertz CT molecular complexity index is 624. The molecule has 0 heterocycles. The number of amides is 1. The Balaban J connectivity index is 1.76. The van der Waals surface area contributed by atoms with Crippen molar-refractivity contribution in [1.29, 1.82) is 0 Å². The van der Waals surface area contributed by atoms with Crippen molar-refractivity contribution in [2.75, 3.05) is 6.54 Å². The van der Waals surface area contributed by atoms with Crippen LogP contribution in [0.5, 0.6) is 0 Å². The van der Waals surface area contributed by atoms with Gasteiger partial charge in [0.25, 0.3) is 0 Å². The lowest BCUT2D eigenvalue weighted by Gasteiger charge is -2.21. The fraction of sp³-hybridized carbons (Fsp3) is 0.588. The molecule has 0 aliphatic heterocycles. The molecule has 1 saturated carbocycles. The first-order valence-corrected chi connectivity index (χ1v) is 10.4. The number of carbonyl (C=O) groups is 1. The van der Waals surface area contributed by atoms with Crippen LogP contribution in [0.25, 0.3) is 0 Å². The van der Waals surface area contributed by atoms with Gasteiger partial charge in [-0.3, -0.25) is 4.79 Å². The Kier molecular flexibility index (Phi) is 7.52. The number of sulfonamides is 1. The van der Waals surface area contributed by atoms with Gasteiger partial charge in [-0.25, -0.2) is 13.1 Å². The minimum atomic E-state index is -3.61. The number of rotatable bonds is 6. The summed E-state index contributed by atoms with van der Waals surface area (Å²) in [4.78, 5) is 12.2. The highest BCUT2D eigenvalue weighted by Crippen LogP contribution is 2.17. The molecule has 0 spiro atoms. The number of benzene rings is 1. The SMILES string of the molecule is O=C(CCNS(=O)(=O)c1ccc(Cl)cc1)NC1CCCCCCC1. The van der Waals surface area contributed by atoms with Crippen molar-refractivity contribution in [2.45, 2.75) is 62.3 Å². The van der Waals surface area contributed by atoms with E-state index in [1.54, 1.807) is 0 Å². The number of carbonyl (C=O) groups excluding carboxylic acids is 1. The van der Waals surface area contributed by atoms with Gasteiger partial charge in [0.15, 0.2) is 0 Å². The molecule has 0 bridgehead atoms. The van der Waals surface area contributed by atoms with Crippen molar-refractivity contribution in [3.8, 4) is 0 Å². The Morgan fingerprint density at radius 1 is 1.04 bits per heavy atom. The zero-order valence-electron chi connectivity index (χ0n) is 13.8. The van der Waals surface area contributed by atoms with Crippen molar-refractivity contribution in [3.05, 3.63) is 29.3 Å². The third kappa shape index (κ3) is 6.42. The summed E-state index contributed by atoms with van der Waals surface area (Å²) >= 11 is 5.75. The maximum absolute atomic E-state index is 12.1. The van der Waals surface area contributed by atoms with Crippen LogP contribution in [0.2, 0.25) is 5.02 Å². The number of nitrogens with one attached hydrogen (secondary N) is 2. The highest BCUT2D eigenvalue weighted by atomic mass is 35.5.